The summed E-state index contributed by atoms with van der Waals surface area (Å²) in [5.41, 5.74) is 1.73. The highest BCUT2D eigenvalue weighted by molar-refractivity contribution is 5.84. The van der Waals surface area contributed by atoms with Crippen LogP contribution in [0, 0.1) is 5.82 Å². The van der Waals surface area contributed by atoms with E-state index in [1.807, 2.05) is 58.1 Å². The fourth-order valence-corrected chi connectivity index (χ4v) is 1.22. The van der Waals surface area contributed by atoms with E-state index in [-0.39, 0.29) is 5.82 Å². The molecule has 0 aliphatic heterocycles. The van der Waals surface area contributed by atoms with Crippen molar-refractivity contribution >= 4 is 11.9 Å². The lowest BCUT2D eigenvalue weighted by Gasteiger charge is -1.94. The Morgan fingerprint density at radius 2 is 1.68 bits per heavy atom. The van der Waals surface area contributed by atoms with Gasteiger partial charge in [-0.3, -0.25) is 4.99 Å². The van der Waals surface area contributed by atoms with E-state index < -0.39 is 0 Å². The minimum Gasteiger partial charge on any atom is -0.256 e. The van der Waals surface area contributed by atoms with Gasteiger partial charge in [-0.05, 0) is 43.7 Å². The van der Waals surface area contributed by atoms with E-state index in [4.69, 9.17) is 0 Å². The Labute approximate surface area is 115 Å². The second-order valence-corrected chi connectivity index (χ2v) is 3.43. The number of allylic oxidation sites excluding steroid dienone is 6. The fraction of sp³-hybridized carbons (Fsp3) is 0.235. The van der Waals surface area contributed by atoms with Crippen LogP contribution in [0.25, 0.3) is 0 Å². The third-order valence-corrected chi connectivity index (χ3v) is 2.03. The Kier molecular flexibility index (Phi) is 10.00. The summed E-state index contributed by atoms with van der Waals surface area (Å²) in [6.45, 7) is 7.91. The van der Waals surface area contributed by atoms with Crippen molar-refractivity contribution in [1.29, 1.82) is 0 Å². The van der Waals surface area contributed by atoms with Gasteiger partial charge in [0.15, 0.2) is 0 Å². The first kappa shape index (κ1) is 17.0. The standard InChI is InChI=1S/C15H16FN.C2H6/c1-3-5-7-13(6-4-2)12-17-15-10-8-14(16)9-11-15;1-2/h3-12H,1-2H3;1-2H3/b5-3-,6-4-,13-7+,17-12?;. The van der Waals surface area contributed by atoms with Crippen molar-refractivity contribution in [1.82, 2.24) is 0 Å². The van der Waals surface area contributed by atoms with Crippen LogP contribution in [0.4, 0.5) is 10.1 Å². The molecule has 0 unspecified atom stereocenters. The van der Waals surface area contributed by atoms with Crippen molar-refractivity contribution in [2.45, 2.75) is 27.7 Å². The first-order valence-electron chi connectivity index (χ1n) is 6.51. The highest BCUT2D eigenvalue weighted by atomic mass is 19.1. The van der Waals surface area contributed by atoms with E-state index >= 15 is 0 Å². The molecule has 19 heavy (non-hydrogen) atoms. The second kappa shape index (κ2) is 11.1. The molecule has 0 heterocycles. The normalized spacial score (nSPS) is 12.2. The average Bonchev–Trinajstić information content (AvgIpc) is 2.46. The number of benzene rings is 1. The van der Waals surface area contributed by atoms with Gasteiger partial charge in [-0.2, -0.15) is 0 Å². The number of rotatable bonds is 4. The molecule has 0 radical (unpaired) electrons. The van der Waals surface area contributed by atoms with Crippen LogP contribution in [0.1, 0.15) is 27.7 Å². The van der Waals surface area contributed by atoms with Crippen LogP contribution in [-0.4, -0.2) is 6.21 Å². The van der Waals surface area contributed by atoms with Crippen molar-refractivity contribution in [3.05, 3.63) is 66.0 Å². The van der Waals surface area contributed by atoms with Crippen LogP contribution in [0.15, 0.2) is 65.2 Å². The van der Waals surface area contributed by atoms with Gasteiger partial charge in [-0.1, -0.05) is 44.2 Å². The van der Waals surface area contributed by atoms with E-state index in [1.54, 1.807) is 18.3 Å². The molecule has 1 aromatic rings. The number of hydrogen-bond acceptors (Lipinski definition) is 1. The molecule has 0 fully saturated rings. The molecule has 0 aromatic heterocycles. The summed E-state index contributed by atoms with van der Waals surface area (Å²) >= 11 is 0. The molecule has 1 nitrogen and oxygen atoms in total. The summed E-state index contributed by atoms with van der Waals surface area (Å²) in [5, 5.41) is 0. The van der Waals surface area contributed by atoms with Crippen LogP contribution in [0.2, 0.25) is 0 Å². The van der Waals surface area contributed by atoms with Gasteiger partial charge in [0.2, 0.25) is 0 Å². The Balaban J connectivity index is 0.00000154. The summed E-state index contributed by atoms with van der Waals surface area (Å²) in [5.74, 6) is -0.248. The molecule has 1 rings (SSSR count). The van der Waals surface area contributed by atoms with Crippen molar-refractivity contribution in [2.75, 3.05) is 0 Å². The SMILES string of the molecule is CC.C\C=C/C=C(C=Nc1ccc(F)cc1)\C=C/C. The van der Waals surface area contributed by atoms with Gasteiger partial charge in [-0.15, -0.1) is 0 Å². The van der Waals surface area contributed by atoms with Crippen LogP contribution < -0.4 is 0 Å². The minimum absolute atomic E-state index is 0.248. The Morgan fingerprint density at radius 1 is 1.05 bits per heavy atom. The van der Waals surface area contributed by atoms with Crippen molar-refractivity contribution in [3.63, 3.8) is 0 Å². The highest BCUT2D eigenvalue weighted by Crippen LogP contribution is 2.12. The quantitative estimate of drug-likeness (QED) is 0.490. The van der Waals surface area contributed by atoms with Gasteiger partial charge in [0, 0.05) is 6.21 Å². The Morgan fingerprint density at radius 3 is 2.21 bits per heavy atom. The first-order valence-corrected chi connectivity index (χ1v) is 6.51. The van der Waals surface area contributed by atoms with Gasteiger partial charge >= 0.3 is 0 Å². The summed E-state index contributed by atoms with van der Waals surface area (Å²) in [6, 6.07) is 6.10. The largest absolute Gasteiger partial charge is 0.256 e. The van der Waals surface area contributed by atoms with E-state index in [9.17, 15) is 4.39 Å². The third-order valence-electron chi connectivity index (χ3n) is 2.03. The molecule has 0 saturated carbocycles. The molecule has 102 valence electrons. The summed E-state index contributed by atoms with van der Waals surface area (Å²) < 4.78 is 12.7. The molecule has 0 aliphatic rings. The van der Waals surface area contributed by atoms with E-state index in [2.05, 4.69) is 4.99 Å². The first-order chi connectivity index (χ1) is 9.26. The molecule has 0 atom stereocenters. The lowest BCUT2D eigenvalue weighted by atomic mass is 10.2. The molecule has 0 bridgehead atoms. The minimum atomic E-state index is -0.248. The average molecular weight is 259 g/mol. The predicted molar refractivity (Wildman–Crippen MR) is 83.6 cm³/mol. The van der Waals surface area contributed by atoms with Crippen molar-refractivity contribution in [3.8, 4) is 0 Å². The lowest BCUT2D eigenvalue weighted by molar-refractivity contribution is 0.628. The lowest BCUT2D eigenvalue weighted by Crippen LogP contribution is -1.79. The van der Waals surface area contributed by atoms with Crippen molar-refractivity contribution in [2.24, 2.45) is 4.99 Å². The van der Waals surface area contributed by atoms with E-state index in [0.717, 1.165) is 11.3 Å². The zero-order chi connectivity index (χ0) is 14.5. The van der Waals surface area contributed by atoms with Gasteiger partial charge in [0.25, 0.3) is 0 Å². The van der Waals surface area contributed by atoms with Crippen LogP contribution in [0.3, 0.4) is 0 Å². The Bertz CT molecular complexity index is 451. The van der Waals surface area contributed by atoms with Crippen molar-refractivity contribution < 1.29 is 4.39 Å². The molecule has 0 amide bonds. The van der Waals surface area contributed by atoms with E-state index in [1.165, 1.54) is 12.1 Å². The van der Waals surface area contributed by atoms with Gasteiger partial charge < -0.3 is 0 Å². The molecular weight excluding hydrogens is 237 g/mol. The predicted octanol–water partition coefficient (Wildman–Crippen LogP) is 5.63. The summed E-state index contributed by atoms with van der Waals surface area (Å²) in [4.78, 5) is 4.27. The second-order valence-electron chi connectivity index (χ2n) is 3.43. The van der Waals surface area contributed by atoms with E-state index in [0.29, 0.717) is 0 Å². The Hall–Kier alpha value is -1.96. The smallest absolute Gasteiger partial charge is 0.123 e. The summed E-state index contributed by atoms with van der Waals surface area (Å²) in [6.07, 6.45) is 11.5. The van der Waals surface area contributed by atoms with Crippen LogP contribution in [-0.2, 0) is 0 Å². The molecule has 0 aliphatic carbocycles. The van der Waals surface area contributed by atoms with Crippen LogP contribution >= 0.6 is 0 Å². The van der Waals surface area contributed by atoms with Gasteiger partial charge in [0.05, 0.1) is 5.69 Å². The van der Waals surface area contributed by atoms with Gasteiger partial charge in [-0.25, -0.2) is 4.39 Å². The zero-order valence-corrected chi connectivity index (χ0v) is 12.1. The van der Waals surface area contributed by atoms with Crippen LogP contribution in [0.5, 0.6) is 0 Å². The monoisotopic (exact) mass is 259 g/mol. The highest BCUT2D eigenvalue weighted by Gasteiger charge is 1.90. The molecular formula is C17H22FN. The molecule has 0 spiro atoms. The number of hydrogen-bond donors (Lipinski definition) is 0. The molecule has 2 heteroatoms. The maximum absolute atomic E-state index is 12.7. The number of aliphatic imine (C=N–C) groups is 1. The maximum Gasteiger partial charge on any atom is 0.123 e. The molecule has 0 saturated heterocycles. The number of halogens is 1. The zero-order valence-electron chi connectivity index (χ0n) is 12.1. The molecule has 0 N–H and O–H groups in total. The topological polar surface area (TPSA) is 12.4 Å². The number of nitrogens with zero attached hydrogens (tertiary/aromatic N) is 1. The fourth-order valence-electron chi connectivity index (χ4n) is 1.22. The third kappa shape index (κ3) is 7.87. The summed E-state index contributed by atoms with van der Waals surface area (Å²) in [7, 11) is 0. The van der Waals surface area contributed by atoms with Gasteiger partial charge in [0.1, 0.15) is 5.82 Å². The molecule has 1 aromatic carbocycles. The maximum atomic E-state index is 12.7.